The molecule has 0 atom stereocenters. The summed E-state index contributed by atoms with van der Waals surface area (Å²) >= 11 is 1.24. The van der Waals surface area contributed by atoms with Crippen molar-refractivity contribution in [1.82, 2.24) is 10.0 Å². The summed E-state index contributed by atoms with van der Waals surface area (Å²) in [5, 5.41) is 3.30. The second-order valence-corrected chi connectivity index (χ2v) is 9.96. The van der Waals surface area contributed by atoms with E-state index in [4.69, 9.17) is 0 Å². The largest absolute Gasteiger partial charge is 0.347 e. The van der Waals surface area contributed by atoms with E-state index in [0.717, 1.165) is 10.3 Å². The fraction of sp³-hybridized carbons (Fsp3) is 0.286. The molecule has 29 heavy (non-hydrogen) atoms. The minimum absolute atomic E-state index is 0.162. The topological polar surface area (TPSA) is 75.3 Å². The van der Waals surface area contributed by atoms with Gasteiger partial charge < -0.3 is 5.32 Å². The van der Waals surface area contributed by atoms with Crippen LogP contribution >= 0.6 is 11.3 Å². The first-order valence-electron chi connectivity index (χ1n) is 9.20. The number of hydrogen-bond acceptors (Lipinski definition) is 4. The monoisotopic (exact) mass is 434 g/mol. The van der Waals surface area contributed by atoms with E-state index in [1.165, 1.54) is 17.4 Å². The number of sulfonamides is 1. The third kappa shape index (κ3) is 5.01. The molecule has 0 spiro atoms. The maximum Gasteiger partial charge on any atom is 0.261 e. The van der Waals surface area contributed by atoms with E-state index in [1.54, 1.807) is 57.2 Å². The molecule has 1 amide bonds. The van der Waals surface area contributed by atoms with Crippen molar-refractivity contribution in [3.8, 4) is 0 Å². The lowest BCUT2D eigenvalue weighted by Crippen LogP contribution is -2.31. The third-order valence-electron chi connectivity index (χ3n) is 4.43. The molecular formula is C21H23FN2O3S2. The Morgan fingerprint density at radius 2 is 1.79 bits per heavy atom. The Kier molecular flexibility index (Phi) is 6.36. The molecule has 8 heteroatoms. The molecule has 2 aromatic carbocycles. The van der Waals surface area contributed by atoms with Crippen molar-refractivity contribution >= 4 is 37.4 Å². The second-order valence-electron chi connectivity index (χ2n) is 7.15. The highest BCUT2D eigenvalue weighted by Gasteiger charge is 2.19. The van der Waals surface area contributed by atoms with Gasteiger partial charge in [0.15, 0.2) is 0 Å². The normalized spacial score (nSPS) is 11.9. The van der Waals surface area contributed by atoms with Crippen LogP contribution in [0, 0.1) is 12.7 Å². The quantitative estimate of drug-likeness (QED) is 0.588. The van der Waals surface area contributed by atoms with Crippen molar-refractivity contribution in [3.05, 3.63) is 69.8 Å². The Hall–Kier alpha value is -2.29. The molecule has 0 unspecified atom stereocenters. The van der Waals surface area contributed by atoms with Crippen LogP contribution in [-0.4, -0.2) is 20.4 Å². The first-order valence-corrected chi connectivity index (χ1v) is 11.7. The molecule has 1 aromatic heterocycles. The maximum absolute atomic E-state index is 14.1. The summed E-state index contributed by atoms with van der Waals surface area (Å²) in [6, 6.07) is 11.7. The zero-order chi connectivity index (χ0) is 21.2. The highest BCUT2D eigenvalue weighted by molar-refractivity contribution is 7.88. The SMILES string of the molecule is Cc1c(C(=O)NCc2ccccc2CS(=O)(=O)NC(C)C)sc2cccc(F)c12. The van der Waals surface area contributed by atoms with Gasteiger partial charge in [-0.2, -0.15) is 0 Å². The number of hydrogen-bond donors (Lipinski definition) is 2. The number of thiophene rings is 1. The Labute approximate surface area is 174 Å². The van der Waals surface area contributed by atoms with Gasteiger partial charge in [-0.1, -0.05) is 30.3 Å². The van der Waals surface area contributed by atoms with E-state index in [1.807, 2.05) is 0 Å². The van der Waals surface area contributed by atoms with Crippen LogP contribution < -0.4 is 10.0 Å². The molecule has 154 valence electrons. The smallest absolute Gasteiger partial charge is 0.261 e. The summed E-state index contributed by atoms with van der Waals surface area (Å²) in [7, 11) is -3.48. The lowest BCUT2D eigenvalue weighted by Gasteiger charge is -2.13. The average Bonchev–Trinajstić information content (AvgIpc) is 2.97. The van der Waals surface area contributed by atoms with Crippen LogP contribution in [0.15, 0.2) is 42.5 Å². The van der Waals surface area contributed by atoms with Gasteiger partial charge in [-0.25, -0.2) is 17.5 Å². The first-order chi connectivity index (χ1) is 13.7. The zero-order valence-corrected chi connectivity index (χ0v) is 18.1. The molecule has 2 N–H and O–H groups in total. The molecule has 0 bridgehead atoms. The molecule has 5 nitrogen and oxygen atoms in total. The van der Waals surface area contributed by atoms with Gasteiger partial charge in [-0.05, 0) is 49.6 Å². The molecule has 0 aliphatic heterocycles. The predicted octanol–water partition coefficient (Wildman–Crippen LogP) is 4.11. The molecule has 0 aliphatic carbocycles. The first kappa shape index (κ1) is 21.4. The summed E-state index contributed by atoms with van der Waals surface area (Å²) in [5.74, 6) is -0.811. The van der Waals surface area contributed by atoms with Crippen LogP contribution in [0.2, 0.25) is 0 Å². The van der Waals surface area contributed by atoms with Crippen molar-refractivity contribution in [2.45, 2.75) is 39.1 Å². The minimum Gasteiger partial charge on any atom is -0.347 e. The van der Waals surface area contributed by atoms with Crippen LogP contribution in [0.3, 0.4) is 0 Å². The molecule has 0 saturated carbocycles. The zero-order valence-electron chi connectivity index (χ0n) is 16.5. The maximum atomic E-state index is 14.1. The fourth-order valence-corrected chi connectivity index (χ4v) is 5.83. The summed E-state index contributed by atoms with van der Waals surface area (Å²) in [6.45, 7) is 5.44. The number of benzene rings is 2. The van der Waals surface area contributed by atoms with Gasteiger partial charge in [0.1, 0.15) is 5.82 Å². The molecule has 0 aliphatic rings. The van der Waals surface area contributed by atoms with Gasteiger partial charge in [0.05, 0.1) is 10.6 Å². The summed E-state index contributed by atoms with van der Waals surface area (Å²) < 4.78 is 41.9. The second kappa shape index (κ2) is 8.61. The molecular weight excluding hydrogens is 411 g/mol. The van der Waals surface area contributed by atoms with Crippen molar-refractivity contribution in [2.24, 2.45) is 0 Å². The third-order valence-corrected chi connectivity index (χ3v) is 7.21. The number of carbonyl (C=O) groups is 1. The van der Waals surface area contributed by atoms with Crippen LogP contribution in [0.5, 0.6) is 0 Å². The molecule has 0 fully saturated rings. The number of halogens is 1. The Bertz CT molecular complexity index is 1150. The lowest BCUT2D eigenvalue weighted by molar-refractivity contribution is 0.0954. The van der Waals surface area contributed by atoms with Crippen molar-refractivity contribution < 1.29 is 17.6 Å². The van der Waals surface area contributed by atoms with Crippen molar-refractivity contribution in [3.63, 3.8) is 0 Å². The lowest BCUT2D eigenvalue weighted by atomic mass is 10.1. The van der Waals surface area contributed by atoms with Crippen LogP contribution in [-0.2, 0) is 22.3 Å². The van der Waals surface area contributed by atoms with Gasteiger partial charge in [0, 0.05) is 22.7 Å². The summed E-state index contributed by atoms with van der Waals surface area (Å²) in [5.41, 5.74) is 1.96. The Morgan fingerprint density at radius 1 is 1.10 bits per heavy atom. The van der Waals surface area contributed by atoms with Gasteiger partial charge in [0.2, 0.25) is 10.0 Å². The molecule has 3 aromatic rings. The van der Waals surface area contributed by atoms with E-state index in [0.29, 0.717) is 21.4 Å². The van der Waals surface area contributed by atoms with Crippen LogP contribution in [0.25, 0.3) is 10.1 Å². The number of rotatable bonds is 7. The average molecular weight is 435 g/mol. The number of amides is 1. The Balaban J connectivity index is 1.78. The minimum atomic E-state index is -3.48. The van der Waals surface area contributed by atoms with Crippen LogP contribution in [0.1, 0.15) is 40.2 Å². The molecule has 0 radical (unpaired) electrons. The number of nitrogens with one attached hydrogen (secondary N) is 2. The van der Waals surface area contributed by atoms with E-state index >= 15 is 0 Å². The molecule has 3 rings (SSSR count). The van der Waals surface area contributed by atoms with E-state index in [-0.39, 0.29) is 30.1 Å². The summed E-state index contributed by atoms with van der Waals surface area (Å²) in [4.78, 5) is 13.2. The van der Waals surface area contributed by atoms with Gasteiger partial charge in [0.25, 0.3) is 5.91 Å². The molecule has 1 heterocycles. The van der Waals surface area contributed by atoms with Crippen LogP contribution in [0.4, 0.5) is 4.39 Å². The summed E-state index contributed by atoms with van der Waals surface area (Å²) in [6.07, 6.45) is 0. The van der Waals surface area contributed by atoms with Gasteiger partial charge in [-0.15, -0.1) is 11.3 Å². The highest BCUT2D eigenvalue weighted by Crippen LogP contribution is 2.32. The van der Waals surface area contributed by atoms with E-state index < -0.39 is 10.0 Å². The predicted molar refractivity (Wildman–Crippen MR) is 115 cm³/mol. The Morgan fingerprint density at radius 3 is 2.45 bits per heavy atom. The fourth-order valence-electron chi connectivity index (χ4n) is 3.20. The number of aryl methyl sites for hydroxylation is 1. The number of carbonyl (C=O) groups excluding carboxylic acids is 1. The van der Waals surface area contributed by atoms with E-state index in [2.05, 4.69) is 10.0 Å². The highest BCUT2D eigenvalue weighted by atomic mass is 32.2. The number of fused-ring (bicyclic) bond motifs is 1. The standard InChI is InChI=1S/C21H23FN2O3S2/c1-13(2)24-29(26,27)12-16-8-5-4-7-15(16)11-23-21(25)20-14(3)19-17(22)9-6-10-18(19)28-20/h4-10,13,24H,11-12H2,1-3H3,(H,23,25). The van der Waals surface area contributed by atoms with Crippen molar-refractivity contribution in [1.29, 1.82) is 0 Å². The van der Waals surface area contributed by atoms with Crippen molar-refractivity contribution in [2.75, 3.05) is 0 Å². The van der Waals surface area contributed by atoms with E-state index in [9.17, 15) is 17.6 Å². The molecule has 0 saturated heterocycles. The van der Waals surface area contributed by atoms with Gasteiger partial charge >= 0.3 is 0 Å². The van der Waals surface area contributed by atoms with Gasteiger partial charge in [-0.3, -0.25) is 4.79 Å².